The van der Waals surface area contributed by atoms with Gasteiger partial charge < -0.3 is 5.32 Å². The van der Waals surface area contributed by atoms with E-state index in [1.54, 1.807) is 11.3 Å². The first kappa shape index (κ1) is 12.5. The van der Waals surface area contributed by atoms with Gasteiger partial charge in [-0.15, -0.1) is 11.3 Å². The van der Waals surface area contributed by atoms with Crippen LogP contribution < -0.4 is 5.32 Å². The summed E-state index contributed by atoms with van der Waals surface area (Å²) in [6.07, 6.45) is 0. The number of halogens is 1. The normalized spacial score (nSPS) is 12.1. The van der Waals surface area contributed by atoms with Gasteiger partial charge in [-0.3, -0.25) is 10.1 Å². The number of hydrogen-bond donors (Lipinski definition) is 1. The molecule has 6 heteroatoms. The number of rotatable bonds is 4. The molecule has 1 aromatic heterocycles. The predicted molar refractivity (Wildman–Crippen MR) is 69.4 cm³/mol. The van der Waals surface area contributed by atoms with Crippen LogP contribution in [0.2, 0.25) is 0 Å². The van der Waals surface area contributed by atoms with Crippen molar-refractivity contribution in [2.24, 2.45) is 0 Å². The summed E-state index contributed by atoms with van der Waals surface area (Å²) in [5.41, 5.74) is 0.0170. The van der Waals surface area contributed by atoms with Gasteiger partial charge in [-0.25, -0.2) is 4.39 Å². The largest absolute Gasteiger partial charge is 0.375 e. The number of benzene rings is 1. The Morgan fingerprint density at radius 3 is 2.78 bits per heavy atom. The fourth-order valence-corrected chi connectivity index (χ4v) is 2.31. The molecule has 1 unspecified atom stereocenters. The second-order valence-corrected chi connectivity index (χ2v) is 4.78. The lowest BCUT2D eigenvalue weighted by atomic mass is 10.2. The lowest BCUT2D eigenvalue weighted by molar-refractivity contribution is -0.385. The van der Waals surface area contributed by atoms with Crippen molar-refractivity contribution < 1.29 is 9.31 Å². The van der Waals surface area contributed by atoms with E-state index in [1.807, 2.05) is 24.4 Å². The molecule has 0 fully saturated rings. The molecule has 0 aliphatic heterocycles. The molecule has 0 bridgehead atoms. The van der Waals surface area contributed by atoms with Crippen LogP contribution in [0.4, 0.5) is 15.8 Å². The third kappa shape index (κ3) is 2.65. The van der Waals surface area contributed by atoms with E-state index in [9.17, 15) is 14.5 Å². The second kappa shape index (κ2) is 5.14. The minimum Gasteiger partial charge on any atom is -0.375 e. The first-order chi connectivity index (χ1) is 8.58. The van der Waals surface area contributed by atoms with Crippen LogP contribution in [0, 0.1) is 15.9 Å². The molecule has 0 aliphatic carbocycles. The van der Waals surface area contributed by atoms with Gasteiger partial charge in [-0.05, 0) is 24.4 Å². The monoisotopic (exact) mass is 266 g/mol. The molecule has 94 valence electrons. The lowest BCUT2D eigenvalue weighted by Crippen LogP contribution is -2.06. The van der Waals surface area contributed by atoms with Crippen LogP contribution in [0.5, 0.6) is 0 Å². The summed E-state index contributed by atoms with van der Waals surface area (Å²) in [4.78, 5) is 11.0. The number of thiophene rings is 1. The highest BCUT2D eigenvalue weighted by molar-refractivity contribution is 7.10. The molecule has 4 nitrogen and oxygen atoms in total. The van der Waals surface area contributed by atoms with E-state index in [-0.39, 0.29) is 17.4 Å². The zero-order valence-corrected chi connectivity index (χ0v) is 10.4. The third-order valence-corrected chi connectivity index (χ3v) is 3.56. The topological polar surface area (TPSA) is 55.2 Å². The van der Waals surface area contributed by atoms with Crippen molar-refractivity contribution in [3.05, 3.63) is 56.5 Å². The van der Waals surface area contributed by atoms with Crippen molar-refractivity contribution in [3.63, 3.8) is 0 Å². The maximum atomic E-state index is 13.6. The molecule has 1 heterocycles. The summed E-state index contributed by atoms with van der Waals surface area (Å²) >= 11 is 1.57. The van der Waals surface area contributed by atoms with Crippen LogP contribution in [0.15, 0.2) is 35.7 Å². The zero-order valence-electron chi connectivity index (χ0n) is 9.59. The molecular formula is C12H11FN2O2S. The maximum Gasteiger partial charge on any atom is 0.272 e. The van der Waals surface area contributed by atoms with E-state index in [1.165, 1.54) is 12.1 Å². The minimum absolute atomic E-state index is 0.0408. The van der Waals surface area contributed by atoms with Gasteiger partial charge in [0.15, 0.2) is 5.82 Å². The number of hydrogen-bond acceptors (Lipinski definition) is 4. The molecule has 2 aromatic rings. The van der Waals surface area contributed by atoms with E-state index < -0.39 is 10.7 Å². The van der Waals surface area contributed by atoms with Gasteiger partial charge in [0.05, 0.1) is 22.7 Å². The Morgan fingerprint density at radius 1 is 1.44 bits per heavy atom. The Kier molecular flexibility index (Phi) is 3.57. The molecular weight excluding hydrogens is 255 g/mol. The third-order valence-electron chi connectivity index (χ3n) is 2.51. The van der Waals surface area contributed by atoms with Crippen molar-refractivity contribution in [1.29, 1.82) is 0 Å². The number of nitrogens with zero attached hydrogens (tertiary/aromatic N) is 1. The fraction of sp³-hybridized carbons (Fsp3) is 0.167. The van der Waals surface area contributed by atoms with Crippen LogP contribution in [0.25, 0.3) is 0 Å². The van der Waals surface area contributed by atoms with Crippen LogP contribution in [0.3, 0.4) is 0 Å². The van der Waals surface area contributed by atoms with Crippen LogP contribution in [-0.2, 0) is 0 Å². The molecule has 1 N–H and O–H groups in total. The zero-order chi connectivity index (χ0) is 13.1. The Bertz CT molecular complexity index is 557. The summed E-state index contributed by atoms with van der Waals surface area (Å²) in [7, 11) is 0. The Labute approximate surface area is 107 Å². The SMILES string of the molecule is CC(Nc1ccc([N+](=O)[O-])cc1F)c1cccs1. The van der Waals surface area contributed by atoms with Crippen LogP contribution >= 0.6 is 11.3 Å². The standard InChI is InChI=1S/C12H11FN2O2S/c1-8(12-3-2-6-18-12)14-11-5-4-9(15(16)17)7-10(11)13/h2-8,14H,1H3. The first-order valence-electron chi connectivity index (χ1n) is 5.32. The molecule has 0 aliphatic rings. The maximum absolute atomic E-state index is 13.6. The number of nitrogens with one attached hydrogen (secondary N) is 1. The highest BCUT2D eigenvalue weighted by Crippen LogP contribution is 2.26. The van der Waals surface area contributed by atoms with Gasteiger partial charge in [0.25, 0.3) is 5.69 Å². The fourth-order valence-electron chi connectivity index (χ4n) is 1.58. The molecule has 1 aromatic carbocycles. The van der Waals surface area contributed by atoms with Gasteiger partial charge >= 0.3 is 0 Å². The Balaban J connectivity index is 2.17. The summed E-state index contributed by atoms with van der Waals surface area (Å²) in [5.74, 6) is -0.618. The van der Waals surface area contributed by atoms with Crippen molar-refractivity contribution in [3.8, 4) is 0 Å². The predicted octanol–water partition coefficient (Wildman–Crippen LogP) is 3.97. The molecule has 18 heavy (non-hydrogen) atoms. The summed E-state index contributed by atoms with van der Waals surface area (Å²) < 4.78 is 13.6. The molecule has 0 radical (unpaired) electrons. The van der Waals surface area contributed by atoms with Crippen molar-refractivity contribution in [1.82, 2.24) is 0 Å². The van der Waals surface area contributed by atoms with E-state index >= 15 is 0 Å². The summed E-state index contributed by atoms with van der Waals surface area (Å²) in [6.45, 7) is 1.91. The summed E-state index contributed by atoms with van der Waals surface area (Å²) in [5, 5.41) is 15.4. The van der Waals surface area contributed by atoms with Gasteiger partial charge in [0.1, 0.15) is 0 Å². The van der Waals surface area contributed by atoms with E-state index in [4.69, 9.17) is 0 Å². The van der Waals surface area contributed by atoms with Crippen LogP contribution in [0.1, 0.15) is 17.8 Å². The highest BCUT2D eigenvalue weighted by atomic mass is 32.1. The number of anilines is 1. The van der Waals surface area contributed by atoms with Crippen molar-refractivity contribution in [2.75, 3.05) is 5.32 Å². The van der Waals surface area contributed by atoms with E-state index in [0.717, 1.165) is 10.9 Å². The van der Waals surface area contributed by atoms with Gasteiger partial charge in [-0.2, -0.15) is 0 Å². The molecule has 0 spiro atoms. The molecule has 0 saturated carbocycles. The average Bonchev–Trinajstić information content (AvgIpc) is 2.85. The Hall–Kier alpha value is -1.95. The van der Waals surface area contributed by atoms with Gasteiger partial charge in [0.2, 0.25) is 0 Å². The highest BCUT2D eigenvalue weighted by Gasteiger charge is 2.13. The van der Waals surface area contributed by atoms with E-state index in [0.29, 0.717) is 0 Å². The van der Waals surface area contributed by atoms with Crippen LogP contribution in [-0.4, -0.2) is 4.92 Å². The molecule has 2 rings (SSSR count). The molecule has 0 amide bonds. The van der Waals surface area contributed by atoms with Gasteiger partial charge in [0, 0.05) is 10.9 Å². The first-order valence-corrected chi connectivity index (χ1v) is 6.20. The lowest BCUT2D eigenvalue weighted by Gasteiger charge is -2.14. The summed E-state index contributed by atoms with van der Waals surface area (Å²) in [6, 6.07) is 7.42. The number of nitro benzene ring substituents is 1. The van der Waals surface area contributed by atoms with Crippen molar-refractivity contribution in [2.45, 2.75) is 13.0 Å². The average molecular weight is 266 g/mol. The second-order valence-electron chi connectivity index (χ2n) is 3.80. The van der Waals surface area contributed by atoms with Crippen molar-refractivity contribution >= 4 is 22.7 Å². The molecule has 0 saturated heterocycles. The number of non-ortho nitro benzene ring substituents is 1. The van der Waals surface area contributed by atoms with Gasteiger partial charge in [-0.1, -0.05) is 6.07 Å². The minimum atomic E-state index is -0.618. The quantitative estimate of drug-likeness (QED) is 0.673. The van der Waals surface area contributed by atoms with E-state index in [2.05, 4.69) is 5.32 Å². The number of nitro groups is 1. The smallest absolute Gasteiger partial charge is 0.272 e. The Morgan fingerprint density at radius 2 is 2.22 bits per heavy atom. The molecule has 1 atom stereocenters.